The van der Waals surface area contributed by atoms with Crippen molar-refractivity contribution in [2.24, 2.45) is 0 Å². The van der Waals surface area contributed by atoms with Gasteiger partial charge in [-0.2, -0.15) is 5.10 Å². The van der Waals surface area contributed by atoms with Gasteiger partial charge in [-0.25, -0.2) is 4.68 Å². The van der Waals surface area contributed by atoms with Gasteiger partial charge in [0.25, 0.3) is 5.56 Å². The predicted octanol–water partition coefficient (Wildman–Crippen LogP) is 2.68. The molecule has 6 nitrogen and oxygen atoms in total. The summed E-state index contributed by atoms with van der Waals surface area (Å²) in [5, 5.41) is 18.7. The van der Waals surface area contributed by atoms with Crippen LogP contribution in [-0.4, -0.2) is 38.1 Å². The highest BCUT2D eigenvalue weighted by molar-refractivity contribution is 5.56. The Labute approximate surface area is 159 Å². The van der Waals surface area contributed by atoms with E-state index in [0.717, 1.165) is 62.6 Å². The lowest BCUT2D eigenvalue weighted by molar-refractivity contribution is 0.0427. The van der Waals surface area contributed by atoms with Crippen molar-refractivity contribution in [3.8, 4) is 11.3 Å². The van der Waals surface area contributed by atoms with E-state index in [2.05, 4.69) is 15.4 Å². The van der Waals surface area contributed by atoms with E-state index < -0.39 is 5.60 Å². The Hall–Kier alpha value is -2.05. The van der Waals surface area contributed by atoms with E-state index in [0.29, 0.717) is 12.6 Å². The largest absolute Gasteiger partial charge is 0.389 e. The second-order valence-corrected chi connectivity index (χ2v) is 8.06. The second kappa shape index (κ2) is 7.90. The monoisotopic (exact) mass is 368 g/mol. The van der Waals surface area contributed by atoms with Crippen molar-refractivity contribution < 1.29 is 5.11 Å². The van der Waals surface area contributed by atoms with Crippen LogP contribution in [0, 0.1) is 0 Å². The van der Waals surface area contributed by atoms with E-state index in [1.807, 2.05) is 12.1 Å². The van der Waals surface area contributed by atoms with Crippen molar-refractivity contribution in [3.63, 3.8) is 0 Å². The molecule has 0 aliphatic heterocycles. The molecule has 0 atom stereocenters. The molecule has 2 fully saturated rings. The van der Waals surface area contributed by atoms with Gasteiger partial charge in [-0.15, -0.1) is 0 Å². The molecule has 2 heterocycles. The predicted molar refractivity (Wildman–Crippen MR) is 104 cm³/mol. The fourth-order valence-electron chi connectivity index (χ4n) is 4.42. The highest BCUT2D eigenvalue weighted by Gasteiger charge is 2.32. The summed E-state index contributed by atoms with van der Waals surface area (Å²) in [5.41, 5.74) is 1.16. The Morgan fingerprint density at radius 2 is 1.93 bits per heavy atom. The molecule has 2 N–H and O–H groups in total. The maximum atomic E-state index is 12.4. The fraction of sp³-hybridized carbons (Fsp3) is 0.571. The average Bonchev–Trinajstić information content (AvgIpc) is 3.15. The van der Waals surface area contributed by atoms with Crippen LogP contribution in [-0.2, 0) is 0 Å². The molecule has 6 heteroatoms. The van der Waals surface area contributed by atoms with Crippen LogP contribution in [0.2, 0.25) is 0 Å². The molecule has 0 aromatic carbocycles. The zero-order valence-electron chi connectivity index (χ0n) is 15.7. The summed E-state index contributed by atoms with van der Waals surface area (Å²) < 4.78 is 1.66. The lowest BCUT2D eigenvalue weighted by atomic mass is 9.90. The molecule has 27 heavy (non-hydrogen) atoms. The molecular weight excluding hydrogens is 340 g/mol. The smallest absolute Gasteiger partial charge is 0.267 e. The van der Waals surface area contributed by atoms with E-state index in [9.17, 15) is 9.90 Å². The number of pyridine rings is 1. The minimum atomic E-state index is -0.507. The maximum absolute atomic E-state index is 12.4. The van der Waals surface area contributed by atoms with Gasteiger partial charge in [-0.1, -0.05) is 12.8 Å². The molecule has 0 unspecified atom stereocenters. The SMILES string of the molecule is O=c1ccc(-c2cccnc2)nn1C1CCC(NCC2(O)CCCC2)CC1. The third-order valence-electron chi connectivity index (χ3n) is 6.08. The van der Waals surface area contributed by atoms with Crippen LogP contribution in [0.5, 0.6) is 0 Å². The van der Waals surface area contributed by atoms with Gasteiger partial charge < -0.3 is 10.4 Å². The Kier molecular flexibility index (Phi) is 5.36. The van der Waals surface area contributed by atoms with E-state index in [1.54, 1.807) is 29.2 Å². The quantitative estimate of drug-likeness (QED) is 0.848. The van der Waals surface area contributed by atoms with Gasteiger partial charge >= 0.3 is 0 Å². The fourth-order valence-corrected chi connectivity index (χ4v) is 4.42. The minimum Gasteiger partial charge on any atom is -0.389 e. The number of hydrogen-bond acceptors (Lipinski definition) is 5. The third-order valence-corrected chi connectivity index (χ3v) is 6.08. The highest BCUT2D eigenvalue weighted by Crippen LogP contribution is 2.31. The molecule has 0 saturated heterocycles. The van der Waals surface area contributed by atoms with Gasteiger partial charge in [0.2, 0.25) is 0 Å². The maximum Gasteiger partial charge on any atom is 0.267 e. The summed E-state index contributed by atoms with van der Waals surface area (Å²) in [6.45, 7) is 0.691. The van der Waals surface area contributed by atoms with E-state index in [4.69, 9.17) is 0 Å². The summed E-state index contributed by atoms with van der Waals surface area (Å²) in [4.78, 5) is 16.5. The Morgan fingerprint density at radius 1 is 1.15 bits per heavy atom. The molecule has 0 spiro atoms. The first-order chi connectivity index (χ1) is 13.1. The van der Waals surface area contributed by atoms with Crippen molar-refractivity contribution in [1.29, 1.82) is 0 Å². The van der Waals surface area contributed by atoms with Gasteiger partial charge in [-0.3, -0.25) is 9.78 Å². The lowest BCUT2D eigenvalue weighted by Gasteiger charge is -2.32. The number of hydrogen-bond donors (Lipinski definition) is 2. The first-order valence-corrected chi connectivity index (χ1v) is 10.1. The lowest BCUT2D eigenvalue weighted by Crippen LogP contribution is -2.44. The van der Waals surface area contributed by atoms with Crippen LogP contribution in [0.4, 0.5) is 0 Å². The number of nitrogens with zero attached hydrogens (tertiary/aromatic N) is 3. The second-order valence-electron chi connectivity index (χ2n) is 8.06. The van der Waals surface area contributed by atoms with Gasteiger partial charge in [0, 0.05) is 36.6 Å². The molecule has 2 aliphatic rings. The Morgan fingerprint density at radius 3 is 2.63 bits per heavy atom. The number of nitrogens with one attached hydrogen (secondary N) is 1. The van der Waals surface area contributed by atoms with Crippen LogP contribution in [0.25, 0.3) is 11.3 Å². The first-order valence-electron chi connectivity index (χ1n) is 10.1. The molecule has 0 amide bonds. The first kappa shape index (κ1) is 18.3. The molecule has 2 aromatic rings. The average molecular weight is 368 g/mol. The summed E-state index contributed by atoms with van der Waals surface area (Å²) in [5.74, 6) is 0. The summed E-state index contributed by atoms with van der Waals surface area (Å²) in [6.07, 6.45) is 11.5. The zero-order valence-corrected chi connectivity index (χ0v) is 15.7. The van der Waals surface area contributed by atoms with Gasteiger partial charge in [0.1, 0.15) is 0 Å². The van der Waals surface area contributed by atoms with Crippen molar-refractivity contribution in [1.82, 2.24) is 20.1 Å². The number of rotatable bonds is 5. The van der Waals surface area contributed by atoms with Gasteiger partial charge in [0.05, 0.1) is 17.3 Å². The molecule has 0 bridgehead atoms. The van der Waals surface area contributed by atoms with Crippen molar-refractivity contribution in [2.45, 2.75) is 69.1 Å². The Bertz CT molecular complexity index is 806. The van der Waals surface area contributed by atoms with E-state index in [-0.39, 0.29) is 11.6 Å². The third kappa shape index (κ3) is 4.28. The molecule has 144 valence electrons. The highest BCUT2D eigenvalue weighted by atomic mass is 16.3. The molecule has 2 aromatic heterocycles. The standard InChI is InChI=1S/C21H28N4O2/c26-20-10-9-19(16-4-3-13-22-14-16)24-25(20)18-7-5-17(6-8-18)23-15-21(27)11-1-2-12-21/h3-4,9-10,13-14,17-18,23,27H,1-2,5-8,11-12,15H2. The van der Waals surface area contributed by atoms with Crippen molar-refractivity contribution in [3.05, 3.63) is 47.0 Å². The number of aliphatic hydroxyl groups is 1. The molecule has 2 aliphatic carbocycles. The summed E-state index contributed by atoms with van der Waals surface area (Å²) >= 11 is 0. The van der Waals surface area contributed by atoms with Crippen molar-refractivity contribution in [2.75, 3.05) is 6.54 Å². The van der Waals surface area contributed by atoms with E-state index in [1.165, 1.54) is 0 Å². The molecular formula is C21H28N4O2. The number of aromatic nitrogens is 3. The summed E-state index contributed by atoms with van der Waals surface area (Å²) in [7, 11) is 0. The van der Waals surface area contributed by atoms with Crippen LogP contribution in [0.1, 0.15) is 57.4 Å². The van der Waals surface area contributed by atoms with E-state index >= 15 is 0 Å². The van der Waals surface area contributed by atoms with Crippen LogP contribution < -0.4 is 10.9 Å². The van der Waals surface area contributed by atoms with Crippen LogP contribution >= 0.6 is 0 Å². The summed E-state index contributed by atoms with van der Waals surface area (Å²) in [6, 6.07) is 7.77. The normalized spacial score (nSPS) is 24.8. The molecule has 0 radical (unpaired) electrons. The minimum absolute atomic E-state index is 0.0423. The van der Waals surface area contributed by atoms with Crippen molar-refractivity contribution >= 4 is 0 Å². The van der Waals surface area contributed by atoms with Crippen LogP contribution in [0.15, 0.2) is 41.5 Å². The topological polar surface area (TPSA) is 80.0 Å². The molecule has 2 saturated carbocycles. The Balaban J connectivity index is 1.38. The van der Waals surface area contributed by atoms with Gasteiger partial charge in [-0.05, 0) is 56.7 Å². The zero-order chi connectivity index (χ0) is 18.7. The molecule has 4 rings (SSSR count). The van der Waals surface area contributed by atoms with Crippen LogP contribution in [0.3, 0.4) is 0 Å². The van der Waals surface area contributed by atoms with Gasteiger partial charge in [0.15, 0.2) is 0 Å².